The molecular weight excluding hydrogens is 354 g/mol. The summed E-state index contributed by atoms with van der Waals surface area (Å²) in [6, 6.07) is 7.72. The van der Waals surface area contributed by atoms with Gasteiger partial charge in [0.1, 0.15) is 5.75 Å². The fraction of sp³-hybridized carbons (Fsp3) is 0.579. The van der Waals surface area contributed by atoms with E-state index in [2.05, 4.69) is 0 Å². The lowest BCUT2D eigenvalue weighted by Crippen LogP contribution is -2.46. The van der Waals surface area contributed by atoms with Crippen LogP contribution < -0.4 is 15.4 Å². The first-order valence-corrected chi connectivity index (χ1v) is 9.15. The molecule has 6 nitrogen and oxygen atoms in total. The third-order valence-electron chi connectivity index (χ3n) is 5.89. The van der Waals surface area contributed by atoms with E-state index in [4.69, 9.17) is 10.5 Å². The number of amides is 2. The molecule has 0 aromatic heterocycles. The topological polar surface area (TPSA) is 75.9 Å². The normalized spacial score (nSPS) is 29.7. The number of nitrogens with zero attached hydrogens (tertiary/aromatic N) is 2. The van der Waals surface area contributed by atoms with Crippen molar-refractivity contribution >= 4 is 29.9 Å². The highest BCUT2D eigenvalue weighted by molar-refractivity contribution is 6.00. The van der Waals surface area contributed by atoms with Crippen LogP contribution in [0.3, 0.4) is 0 Å². The molecule has 7 heteroatoms. The summed E-state index contributed by atoms with van der Waals surface area (Å²) >= 11 is 0. The maximum Gasteiger partial charge on any atom is 0.267 e. The number of halogens is 1. The first-order chi connectivity index (χ1) is 12.0. The Kier molecular flexibility index (Phi) is 5.44. The van der Waals surface area contributed by atoms with Crippen LogP contribution in [0.4, 0.5) is 5.69 Å². The summed E-state index contributed by atoms with van der Waals surface area (Å²) in [5.41, 5.74) is 6.90. The summed E-state index contributed by atoms with van der Waals surface area (Å²) in [7, 11) is 0. The number of likely N-dealkylation sites (tertiary alicyclic amines) is 1. The van der Waals surface area contributed by atoms with Gasteiger partial charge in [0.2, 0.25) is 5.91 Å². The second-order valence-electron chi connectivity index (χ2n) is 7.43. The SMILES string of the molecule is CC1Oc2ccccc2N(CCC(=O)N2CC3CCC(N)C3C2)C1=O.Cl. The molecule has 1 saturated heterocycles. The molecule has 4 atom stereocenters. The van der Waals surface area contributed by atoms with Crippen LogP contribution in [0.2, 0.25) is 0 Å². The number of fused-ring (bicyclic) bond motifs is 2. The van der Waals surface area contributed by atoms with Gasteiger partial charge in [-0.2, -0.15) is 0 Å². The summed E-state index contributed by atoms with van der Waals surface area (Å²) < 4.78 is 5.64. The Morgan fingerprint density at radius 1 is 1.27 bits per heavy atom. The minimum Gasteiger partial charge on any atom is -0.479 e. The molecule has 2 fully saturated rings. The van der Waals surface area contributed by atoms with Crippen molar-refractivity contribution in [2.45, 2.75) is 38.3 Å². The number of benzene rings is 1. The van der Waals surface area contributed by atoms with E-state index in [9.17, 15) is 9.59 Å². The number of ether oxygens (including phenoxy) is 1. The molecule has 142 valence electrons. The largest absolute Gasteiger partial charge is 0.479 e. The van der Waals surface area contributed by atoms with Gasteiger partial charge in [0.25, 0.3) is 5.91 Å². The standard InChI is InChI=1S/C19H25N3O3.ClH/c1-12-19(24)22(16-4-2-3-5-17(16)25-12)9-8-18(23)21-10-13-6-7-15(20)14(13)11-21;/h2-5,12-15H,6-11,20H2,1H3;1H. The van der Waals surface area contributed by atoms with Crippen molar-refractivity contribution in [2.24, 2.45) is 17.6 Å². The Morgan fingerprint density at radius 3 is 2.81 bits per heavy atom. The molecule has 2 aliphatic heterocycles. The predicted octanol–water partition coefficient (Wildman–Crippen LogP) is 1.81. The second kappa shape index (κ2) is 7.45. The molecule has 4 unspecified atom stereocenters. The summed E-state index contributed by atoms with van der Waals surface area (Å²) in [5.74, 6) is 1.74. The summed E-state index contributed by atoms with van der Waals surface area (Å²) in [6.07, 6.45) is 2.02. The van der Waals surface area contributed by atoms with Crippen LogP contribution in [0.25, 0.3) is 0 Å². The van der Waals surface area contributed by atoms with Crippen molar-refractivity contribution < 1.29 is 14.3 Å². The monoisotopic (exact) mass is 379 g/mol. The zero-order chi connectivity index (χ0) is 17.6. The summed E-state index contributed by atoms with van der Waals surface area (Å²) in [5, 5.41) is 0. The lowest BCUT2D eigenvalue weighted by molar-refractivity contribution is -0.130. The number of carbonyl (C=O) groups is 2. The van der Waals surface area contributed by atoms with Crippen molar-refractivity contribution in [3.63, 3.8) is 0 Å². The maximum atomic E-state index is 12.6. The summed E-state index contributed by atoms with van der Waals surface area (Å²) in [4.78, 5) is 28.7. The Labute approximate surface area is 160 Å². The van der Waals surface area contributed by atoms with Crippen molar-refractivity contribution in [2.75, 3.05) is 24.5 Å². The molecule has 26 heavy (non-hydrogen) atoms. The number of carbonyl (C=O) groups excluding carboxylic acids is 2. The second-order valence-corrected chi connectivity index (χ2v) is 7.43. The van der Waals surface area contributed by atoms with Crippen LogP contribution in [-0.2, 0) is 9.59 Å². The third kappa shape index (κ3) is 3.28. The summed E-state index contributed by atoms with van der Waals surface area (Å²) in [6.45, 7) is 3.73. The molecule has 2 amide bonds. The molecule has 1 aliphatic carbocycles. The van der Waals surface area contributed by atoms with Crippen LogP contribution >= 0.6 is 12.4 Å². The Hall–Kier alpha value is -1.79. The van der Waals surface area contributed by atoms with Crippen LogP contribution in [0, 0.1) is 11.8 Å². The van der Waals surface area contributed by atoms with Crippen LogP contribution in [0.1, 0.15) is 26.2 Å². The molecular formula is C19H26ClN3O3. The van der Waals surface area contributed by atoms with Crippen molar-refractivity contribution in [1.82, 2.24) is 4.90 Å². The Bertz CT molecular complexity index is 698. The van der Waals surface area contributed by atoms with Crippen LogP contribution in [0.15, 0.2) is 24.3 Å². The fourth-order valence-corrected chi connectivity index (χ4v) is 4.47. The lowest BCUT2D eigenvalue weighted by atomic mass is 9.98. The number of para-hydroxylation sites is 2. The smallest absolute Gasteiger partial charge is 0.267 e. The van der Waals surface area contributed by atoms with E-state index >= 15 is 0 Å². The molecule has 2 N–H and O–H groups in total. The van der Waals surface area contributed by atoms with E-state index in [1.165, 1.54) is 0 Å². The van der Waals surface area contributed by atoms with Crippen LogP contribution in [0.5, 0.6) is 5.75 Å². The quantitative estimate of drug-likeness (QED) is 0.869. The molecule has 1 saturated carbocycles. The number of nitrogens with two attached hydrogens (primary N) is 1. The van der Waals surface area contributed by atoms with Gasteiger partial charge in [-0.1, -0.05) is 12.1 Å². The van der Waals surface area contributed by atoms with Gasteiger partial charge in [0, 0.05) is 32.1 Å². The van der Waals surface area contributed by atoms with Gasteiger partial charge in [-0.05, 0) is 43.7 Å². The molecule has 3 aliphatic rings. The van der Waals surface area contributed by atoms with E-state index in [0.29, 0.717) is 30.6 Å². The minimum atomic E-state index is -0.519. The minimum absolute atomic E-state index is 0. The number of hydrogen-bond donors (Lipinski definition) is 1. The van der Waals surface area contributed by atoms with Gasteiger partial charge < -0.3 is 20.3 Å². The zero-order valence-corrected chi connectivity index (χ0v) is 15.8. The van der Waals surface area contributed by atoms with E-state index in [1.54, 1.807) is 11.8 Å². The van der Waals surface area contributed by atoms with Crippen molar-refractivity contribution in [1.29, 1.82) is 0 Å². The van der Waals surface area contributed by atoms with Gasteiger partial charge in [-0.15, -0.1) is 12.4 Å². The third-order valence-corrected chi connectivity index (χ3v) is 5.89. The van der Waals surface area contributed by atoms with Gasteiger partial charge >= 0.3 is 0 Å². The molecule has 2 heterocycles. The average molecular weight is 380 g/mol. The van der Waals surface area contributed by atoms with E-state index in [-0.39, 0.29) is 30.3 Å². The molecule has 4 rings (SSSR count). The van der Waals surface area contributed by atoms with Crippen molar-refractivity contribution in [3.05, 3.63) is 24.3 Å². The molecule has 1 aromatic rings. The van der Waals surface area contributed by atoms with Gasteiger partial charge in [-0.3, -0.25) is 9.59 Å². The molecule has 0 spiro atoms. The number of rotatable bonds is 3. The average Bonchev–Trinajstić information content (AvgIpc) is 3.17. The van der Waals surface area contributed by atoms with E-state index in [1.807, 2.05) is 29.2 Å². The Morgan fingerprint density at radius 2 is 2.04 bits per heavy atom. The predicted molar refractivity (Wildman–Crippen MR) is 102 cm³/mol. The van der Waals surface area contributed by atoms with Gasteiger partial charge in [0.05, 0.1) is 5.69 Å². The van der Waals surface area contributed by atoms with E-state index in [0.717, 1.165) is 31.6 Å². The molecule has 0 bridgehead atoms. The molecule has 0 radical (unpaired) electrons. The highest BCUT2D eigenvalue weighted by atomic mass is 35.5. The van der Waals surface area contributed by atoms with Crippen LogP contribution in [-0.4, -0.2) is 48.5 Å². The first-order valence-electron chi connectivity index (χ1n) is 9.15. The van der Waals surface area contributed by atoms with Gasteiger partial charge in [0.15, 0.2) is 6.10 Å². The number of hydrogen-bond acceptors (Lipinski definition) is 4. The highest BCUT2D eigenvalue weighted by Crippen LogP contribution is 2.37. The fourth-order valence-electron chi connectivity index (χ4n) is 4.47. The first kappa shape index (κ1) is 19.0. The zero-order valence-electron chi connectivity index (χ0n) is 15.0. The molecule has 1 aromatic carbocycles. The lowest BCUT2D eigenvalue weighted by Gasteiger charge is -2.33. The highest BCUT2D eigenvalue weighted by Gasteiger charge is 2.42. The maximum absolute atomic E-state index is 12.6. The number of anilines is 1. The Balaban J connectivity index is 0.00000196. The van der Waals surface area contributed by atoms with E-state index < -0.39 is 6.10 Å². The van der Waals surface area contributed by atoms with Gasteiger partial charge in [-0.25, -0.2) is 0 Å². The van der Waals surface area contributed by atoms with Crippen molar-refractivity contribution in [3.8, 4) is 5.75 Å².